The molecule has 0 heterocycles. The second-order valence-corrected chi connectivity index (χ2v) is 8.42. The summed E-state index contributed by atoms with van der Waals surface area (Å²) in [5, 5.41) is 16.9. The van der Waals surface area contributed by atoms with Gasteiger partial charge in [-0.15, -0.1) is 0 Å². The minimum absolute atomic E-state index is 0.0890. The average molecular weight is 464 g/mol. The summed E-state index contributed by atoms with van der Waals surface area (Å²) in [6.45, 7) is 3.24. The Morgan fingerprint density at radius 3 is 2.26 bits per heavy atom. The van der Waals surface area contributed by atoms with Crippen molar-refractivity contribution >= 4 is 28.5 Å². The number of hydrogen-bond acceptors (Lipinski definition) is 5. The molecule has 0 saturated carbocycles. The van der Waals surface area contributed by atoms with Crippen LogP contribution in [0.5, 0.6) is 11.5 Å². The summed E-state index contributed by atoms with van der Waals surface area (Å²) in [6, 6.07) is 17.8. The van der Waals surface area contributed by atoms with Crippen molar-refractivity contribution in [1.29, 1.82) is 0 Å². The van der Waals surface area contributed by atoms with E-state index in [0.717, 1.165) is 10.8 Å². The fourth-order valence-electron chi connectivity index (χ4n) is 3.54. The Morgan fingerprint density at radius 2 is 1.62 bits per heavy atom. The van der Waals surface area contributed by atoms with E-state index in [1.54, 1.807) is 32.0 Å². The molecule has 0 aliphatic heterocycles. The molecule has 8 heteroatoms. The van der Waals surface area contributed by atoms with Crippen molar-refractivity contribution in [3.8, 4) is 11.5 Å². The summed E-state index contributed by atoms with van der Waals surface area (Å²) in [6.07, 6.45) is 0.150. The van der Waals surface area contributed by atoms with Crippen LogP contribution in [0.15, 0.2) is 66.7 Å². The number of carbonyl (C=O) groups is 3. The number of carbonyl (C=O) groups excluding carboxylic acids is 3. The van der Waals surface area contributed by atoms with Gasteiger partial charge in [-0.1, -0.05) is 56.3 Å². The van der Waals surface area contributed by atoms with Crippen molar-refractivity contribution in [3.63, 3.8) is 0 Å². The van der Waals surface area contributed by atoms with Crippen molar-refractivity contribution in [2.45, 2.75) is 32.4 Å². The Hall–Kier alpha value is -4.07. The fraction of sp³-hybridized carbons (Fsp3) is 0.269. The SMILES string of the molecule is CC(C)[C@H](NC(=O)[C@H](Cc1ccc(O)cc1)NC(=O)COc1ccc2ccccc2c1)C(N)=O. The summed E-state index contributed by atoms with van der Waals surface area (Å²) in [5.74, 6) is -1.29. The molecular weight excluding hydrogens is 434 g/mol. The fourth-order valence-corrected chi connectivity index (χ4v) is 3.54. The number of nitrogens with two attached hydrogens (primary N) is 1. The summed E-state index contributed by atoms with van der Waals surface area (Å²) in [4.78, 5) is 37.4. The van der Waals surface area contributed by atoms with Crippen molar-refractivity contribution in [1.82, 2.24) is 10.6 Å². The molecule has 5 N–H and O–H groups in total. The second kappa shape index (κ2) is 11.2. The Balaban J connectivity index is 1.69. The lowest BCUT2D eigenvalue weighted by Crippen LogP contribution is -2.55. The van der Waals surface area contributed by atoms with E-state index < -0.39 is 29.8 Å². The van der Waals surface area contributed by atoms with Crippen LogP contribution in [-0.2, 0) is 20.8 Å². The van der Waals surface area contributed by atoms with E-state index in [9.17, 15) is 19.5 Å². The molecule has 0 aliphatic rings. The summed E-state index contributed by atoms with van der Waals surface area (Å²) >= 11 is 0. The van der Waals surface area contributed by atoms with E-state index in [1.165, 1.54) is 12.1 Å². The number of primary amides is 1. The largest absolute Gasteiger partial charge is 0.508 e. The third-order valence-electron chi connectivity index (χ3n) is 5.39. The number of rotatable bonds is 10. The highest BCUT2D eigenvalue weighted by Crippen LogP contribution is 2.20. The highest BCUT2D eigenvalue weighted by Gasteiger charge is 2.27. The lowest BCUT2D eigenvalue weighted by atomic mass is 10.0. The molecule has 0 spiro atoms. The van der Waals surface area contributed by atoms with Crippen LogP contribution in [0, 0.1) is 5.92 Å². The van der Waals surface area contributed by atoms with Gasteiger partial charge in [-0.05, 0) is 46.5 Å². The quantitative estimate of drug-likeness (QED) is 0.366. The van der Waals surface area contributed by atoms with Gasteiger partial charge >= 0.3 is 0 Å². The number of ether oxygens (including phenoxy) is 1. The van der Waals surface area contributed by atoms with Gasteiger partial charge in [0.15, 0.2) is 6.61 Å². The number of fused-ring (bicyclic) bond motifs is 1. The van der Waals surface area contributed by atoms with Gasteiger partial charge < -0.3 is 26.2 Å². The highest BCUT2D eigenvalue weighted by atomic mass is 16.5. The maximum atomic E-state index is 13.0. The number of phenolic OH excluding ortho intramolecular Hbond substituents is 1. The Labute approximate surface area is 198 Å². The lowest BCUT2D eigenvalue weighted by molar-refractivity contribution is -0.132. The molecule has 0 unspecified atom stereocenters. The van der Waals surface area contributed by atoms with Crippen LogP contribution in [-0.4, -0.2) is 41.5 Å². The zero-order valence-corrected chi connectivity index (χ0v) is 19.2. The van der Waals surface area contributed by atoms with Crippen molar-refractivity contribution in [3.05, 3.63) is 72.3 Å². The van der Waals surface area contributed by atoms with Gasteiger partial charge in [0, 0.05) is 6.42 Å². The predicted molar refractivity (Wildman–Crippen MR) is 129 cm³/mol. The third-order valence-corrected chi connectivity index (χ3v) is 5.39. The predicted octanol–water partition coefficient (Wildman–Crippen LogP) is 2.28. The van der Waals surface area contributed by atoms with Crippen molar-refractivity contribution in [2.75, 3.05) is 6.61 Å². The normalized spacial score (nSPS) is 12.7. The first-order valence-corrected chi connectivity index (χ1v) is 11.0. The topological polar surface area (TPSA) is 131 Å². The molecule has 34 heavy (non-hydrogen) atoms. The number of nitrogens with one attached hydrogen (secondary N) is 2. The first-order valence-electron chi connectivity index (χ1n) is 11.0. The van der Waals surface area contributed by atoms with Gasteiger partial charge in [0.2, 0.25) is 11.8 Å². The lowest BCUT2D eigenvalue weighted by Gasteiger charge is -2.24. The molecule has 3 aromatic carbocycles. The number of aromatic hydroxyl groups is 1. The monoisotopic (exact) mass is 463 g/mol. The zero-order chi connectivity index (χ0) is 24.7. The van der Waals surface area contributed by atoms with Crippen LogP contribution in [0.1, 0.15) is 19.4 Å². The van der Waals surface area contributed by atoms with E-state index >= 15 is 0 Å². The van der Waals surface area contributed by atoms with Crippen LogP contribution >= 0.6 is 0 Å². The first-order chi connectivity index (χ1) is 16.2. The third kappa shape index (κ3) is 6.71. The molecule has 0 aromatic heterocycles. The number of phenols is 1. The van der Waals surface area contributed by atoms with Crippen LogP contribution in [0.25, 0.3) is 10.8 Å². The molecule has 3 amide bonds. The molecule has 0 aliphatic carbocycles. The highest BCUT2D eigenvalue weighted by molar-refractivity contribution is 5.92. The van der Waals surface area contributed by atoms with Crippen molar-refractivity contribution < 1.29 is 24.2 Å². The molecule has 178 valence electrons. The minimum Gasteiger partial charge on any atom is -0.508 e. The van der Waals surface area contributed by atoms with E-state index in [2.05, 4.69) is 10.6 Å². The van der Waals surface area contributed by atoms with E-state index in [1.807, 2.05) is 36.4 Å². The Bertz CT molecular complexity index is 1160. The van der Waals surface area contributed by atoms with Gasteiger partial charge in [-0.25, -0.2) is 0 Å². The first kappa shape index (κ1) is 24.6. The average Bonchev–Trinajstić information content (AvgIpc) is 2.81. The molecule has 8 nitrogen and oxygen atoms in total. The Kier molecular flexibility index (Phi) is 8.08. The Morgan fingerprint density at radius 1 is 0.941 bits per heavy atom. The molecule has 0 radical (unpaired) electrons. The molecule has 3 rings (SSSR count). The molecule has 3 aromatic rings. The molecule has 0 fully saturated rings. The van der Waals surface area contributed by atoms with Crippen molar-refractivity contribution in [2.24, 2.45) is 11.7 Å². The molecular formula is C26H29N3O5. The van der Waals surface area contributed by atoms with Crippen LogP contribution in [0.3, 0.4) is 0 Å². The van der Waals surface area contributed by atoms with Crippen LogP contribution < -0.4 is 21.1 Å². The van der Waals surface area contributed by atoms with Gasteiger partial charge in [-0.2, -0.15) is 0 Å². The van der Waals surface area contributed by atoms with Gasteiger partial charge in [0.1, 0.15) is 23.6 Å². The number of benzene rings is 3. The summed E-state index contributed by atoms with van der Waals surface area (Å²) in [7, 11) is 0. The number of amides is 3. The summed E-state index contributed by atoms with van der Waals surface area (Å²) in [5.41, 5.74) is 6.14. The second-order valence-electron chi connectivity index (χ2n) is 8.42. The molecule has 0 saturated heterocycles. The van der Waals surface area contributed by atoms with E-state index in [-0.39, 0.29) is 24.7 Å². The zero-order valence-electron chi connectivity index (χ0n) is 19.2. The maximum absolute atomic E-state index is 13.0. The van der Waals surface area contributed by atoms with Crippen LogP contribution in [0.2, 0.25) is 0 Å². The van der Waals surface area contributed by atoms with E-state index in [0.29, 0.717) is 11.3 Å². The molecule has 2 atom stereocenters. The molecule has 0 bridgehead atoms. The van der Waals surface area contributed by atoms with Crippen LogP contribution in [0.4, 0.5) is 0 Å². The number of hydrogen-bond donors (Lipinski definition) is 4. The van der Waals surface area contributed by atoms with Gasteiger partial charge in [-0.3, -0.25) is 14.4 Å². The smallest absolute Gasteiger partial charge is 0.258 e. The maximum Gasteiger partial charge on any atom is 0.258 e. The minimum atomic E-state index is -0.974. The summed E-state index contributed by atoms with van der Waals surface area (Å²) < 4.78 is 5.63. The van der Waals surface area contributed by atoms with E-state index in [4.69, 9.17) is 10.5 Å². The van der Waals surface area contributed by atoms with Gasteiger partial charge in [0.25, 0.3) is 5.91 Å². The van der Waals surface area contributed by atoms with Gasteiger partial charge in [0.05, 0.1) is 0 Å². The standard InChI is InChI=1S/C26H29N3O5/c1-16(2)24(25(27)32)29-26(33)22(13-17-7-10-20(30)11-8-17)28-23(31)15-34-21-12-9-18-5-3-4-6-19(18)14-21/h3-12,14,16,22,24,30H,13,15H2,1-2H3,(H2,27,32)(H,28,31)(H,29,33)/t22-,24-/m0/s1.